The van der Waals surface area contributed by atoms with E-state index in [0.717, 1.165) is 16.1 Å². The van der Waals surface area contributed by atoms with E-state index < -0.39 is 27.4 Å². The van der Waals surface area contributed by atoms with Crippen LogP contribution in [0, 0.1) is 0 Å². The van der Waals surface area contributed by atoms with Crippen molar-refractivity contribution >= 4 is 49.4 Å². The number of nitrogens with one attached hydrogen (secondary N) is 1. The molecule has 1 aromatic heterocycles. The lowest BCUT2D eigenvalue weighted by Gasteiger charge is -2.31. The first kappa shape index (κ1) is 24.4. The molecule has 1 N–H and O–H groups in total. The molecule has 0 atom stereocenters. The molecular formula is C20H22BrClN4O5S. The number of aromatic nitrogens is 1. The first-order valence-electron chi connectivity index (χ1n) is 9.65. The summed E-state index contributed by atoms with van der Waals surface area (Å²) < 4.78 is 25.9. The molecule has 0 bridgehead atoms. The Morgan fingerprint density at radius 3 is 2.50 bits per heavy atom. The summed E-state index contributed by atoms with van der Waals surface area (Å²) in [5, 5.41) is 3.28. The highest BCUT2D eigenvalue weighted by molar-refractivity contribution is 9.10. The monoisotopic (exact) mass is 544 g/mol. The van der Waals surface area contributed by atoms with Crippen LogP contribution in [0.4, 0.5) is 0 Å². The molecule has 0 unspecified atom stereocenters. The lowest BCUT2D eigenvalue weighted by molar-refractivity contribution is 0.0691. The third-order valence-electron chi connectivity index (χ3n) is 5.19. The van der Waals surface area contributed by atoms with Crippen LogP contribution in [0.3, 0.4) is 0 Å². The van der Waals surface area contributed by atoms with E-state index in [1.807, 2.05) is 0 Å². The van der Waals surface area contributed by atoms with Crippen molar-refractivity contribution in [1.82, 2.24) is 19.1 Å². The van der Waals surface area contributed by atoms with Gasteiger partial charge in [0.05, 0.1) is 6.26 Å². The highest BCUT2D eigenvalue weighted by Gasteiger charge is 2.30. The van der Waals surface area contributed by atoms with Crippen LogP contribution < -0.4 is 10.9 Å². The smallest absolute Gasteiger partial charge is 0.271 e. The molecule has 2 aromatic rings. The van der Waals surface area contributed by atoms with Crippen LogP contribution in [0.1, 0.15) is 26.4 Å². The second-order valence-corrected chi connectivity index (χ2v) is 10.8. The van der Waals surface area contributed by atoms with E-state index in [1.165, 1.54) is 22.6 Å². The predicted molar refractivity (Wildman–Crippen MR) is 124 cm³/mol. The summed E-state index contributed by atoms with van der Waals surface area (Å²) >= 11 is 9.17. The second kappa shape index (κ2) is 9.74. The van der Waals surface area contributed by atoms with Crippen LogP contribution in [-0.2, 0) is 23.1 Å². The average molecular weight is 546 g/mol. The summed E-state index contributed by atoms with van der Waals surface area (Å²) in [6.07, 6.45) is 1.09. The lowest BCUT2D eigenvalue weighted by atomic mass is 10.1. The lowest BCUT2D eigenvalue weighted by Crippen LogP contribution is -2.48. The first-order chi connectivity index (χ1) is 15.0. The Morgan fingerprint density at radius 2 is 1.88 bits per heavy atom. The van der Waals surface area contributed by atoms with E-state index in [0.29, 0.717) is 9.50 Å². The molecule has 32 heavy (non-hydrogen) atoms. The quantitative estimate of drug-likeness (QED) is 0.568. The van der Waals surface area contributed by atoms with Crippen molar-refractivity contribution in [1.29, 1.82) is 0 Å². The Morgan fingerprint density at radius 1 is 1.22 bits per heavy atom. The van der Waals surface area contributed by atoms with E-state index in [2.05, 4.69) is 21.2 Å². The number of carbonyl (C=O) groups is 2. The summed E-state index contributed by atoms with van der Waals surface area (Å²) in [4.78, 5) is 40.0. The Labute approximate surface area is 199 Å². The number of fused-ring (bicyclic) bond motifs is 1. The van der Waals surface area contributed by atoms with Crippen molar-refractivity contribution in [3.8, 4) is 0 Å². The molecule has 2 amide bonds. The molecule has 0 saturated carbocycles. The maximum absolute atomic E-state index is 12.9. The van der Waals surface area contributed by atoms with Gasteiger partial charge in [-0.15, -0.1) is 0 Å². The maximum atomic E-state index is 12.9. The van der Waals surface area contributed by atoms with Gasteiger partial charge < -0.3 is 14.8 Å². The van der Waals surface area contributed by atoms with Crippen molar-refractivity contribution in [2.75, 3.05) is 32.9 Å². The van der Waals surface area contributed by atoms with Gasteiger partial charge in [0, 0.05) is 49.3 Å². The molecule has 0 saturated heterocycles. The van der Waals surface area contributed by atoms with Crippen LogP contribution >= 0.6 is 27.5 Å². The van der Waals surface area contributed by atoms with Gasteiger partial charge in [-0.2, -0.15) is 0 Å². The van der Waals surface area contributed by atoms with Gasteiger partial charge in [-0.05, 0) is 39.7 Å². The molecule has 0 radical (unpaired) electrons. The van der Waals surface area contributed by atoms with Crippen molar-refractivity contribution < 1.29 is 18.0 Å². The number of carbonyl (C=O) groups excluding carboxylic acids is 2. The average Bonchev–Trinajstić information content (AvgIpc) is 2.73. The minimum atomic E-state index is -3.36. The summed E-state index contributed by atoms with van der Waals surface area (Å²) in [5.74, 6) is -0.958. The summed E-state index contributed by atoms with van der Waals surface area (Å²) in [5.41, 5.74) is 0.327. The zero-order chi connectivity index (χ0) is 23.6. The van der Waals surface area contributed by atoms with E-state index in [-0.39, 0.29) is 44.0 Å². The molecule has 1 aromatic carbocycles. The molecule has 9 nitrogen and oxygen atoms in total. The highest BCUT2D eigenvalue weighted by atomic mass is 79.9. The van der Waals surface area contributed by atoms with Crippen LogP contribution in [0.2, 0.25) is 5.02 Å². The second-order valence-electron chi connectivity index (χ2n) is 7.40. The molecule has 2 heterocycles. The molecule has 1 aliphatic heterocycles. The Bertz CT molecular complexity index is 1210. The number of halogens is 2. The minimum absolute atomic E-state index is 0.0763. The van der Waals surface area contributed by atoms with E-state index in [1.54, 1.807) is 24.3 Å². The zero-order valence-corrected chi connectivity index (χ0v) is 20.6. The maximum Gasteiger partial charge on any atom is 0.271 e. The molecule has 1 aliphatic rings. The van der Waals surface area contributed by atoms with Gasteiger partial charge in [0.1, 0.15) is 11.3 Å². The Hall–Kier alpha value is -2.21. The number of hydrogen-bond donors (Lipinski definition) is 1. The predicted octanol–water partition coefficient (Wildman–Crippen LogP) is 1.54. The number of hydrogen-bond acceptors (Lipinski definition) is 5. The third kappa shape index (κ3) is 5.40. The van der Waals surface area contributed by atoms with Crippen molar-refractivity contribution in [2.45, 2.75) is 13.1 Å². The summed E-state index contributed by atoms with van der Waals surface area (Å²) in [6, 6.07) is 8.30. The van der Waals surface area contributed by atoms with Crippen LogP contribution in [-0.4, -0.2) is 66.9 Å². The van der Waals surface area contributed by atoms with Crippen molar-refractivity contribution in [2.24, 2.45) is 0 Å². The minimum Gasteiger partial charge on any atom is -0.348 e. The van der Waals surface area contributed by atoms with Crippen LogP contribution in [0.5, 0.6) is 0 Å². The fourth-order valence-corrected chi connectivity index (χ4v) is 4.37. The van der Waals surface area contributed by atoms with Gasteiger partial charge in [-0.3, -0.25) is 14.4 Å². The Balaban J connectivity index is 1.77. The normalized spacial score (nSPS) is 13.9. The molecule has 0 aliphatic carbocycles. The standard InChI is InChI=1S/C20H22BrClN4O5S/c1-24(32(2,30)31)7-8-25-9-10-26-17(20(25)29)16(21)11-15(19(26)28)18(27)23-12-13-3-5-14(22)6-4-13/h3-6,11H,7-10,12H2,1-2H3,(H,23,27). The fourth-order valence-electron chi connectivity index (χ4n) is 3.22. The van der Waals surface area contributed by atoms with Gasteiger partial charge in [0.2, 0.25) is 10.0 Å². The number of amides is 2. The van der Waals surface area contributed by atoms with Crippen LogP contribution in [0.15, 0.2) is 39.6 Å². The van der Waals surface area contributed by atoms with E-state index in [4.69, 9.17) is 11.6 Å². The molecule has 0 fully saturated rings. The van der Waals surface area contributed by atoms with E-state index >= 15 is 0 Å². The number of benzene rings is 1. The molecule has 0 spiro atoms. The first-order valence-corrected chi connectivity index (χ1v) is 12.7. The van der Waals surface area contributed by atoms with E-state index in [9.17, 15) is 22.8 Å². The molecule has 3 rings (SSSR count). The van der Waals surface area contributed by atoms with Gasteiger partial charge in [0.15, 0.2) is 0 Å². The van der Waals surface area contributed by atoms with Crippen LogP contribution in [0.25, 0.3) is 0 Å². The van der Waals surface area contributed by atoms with Gasteiger partial charge in [-0.1, -0.05) is 23.7 Å². The number of pyridine rings is 1. The van der Waals surface area contributed by atoms with Crippen molar-refractivity contribution in [3.63, 3.8) is 0 Å². The number of rotatable bonds is 7. The molecule has 172 valence electrons. The Kier molecular flexibility index (Phi) is 7.43. The zero-order valence-electron chi connectivity index (χ0n) is 17.5. The number of nitrogens with zero attached hydrogens (tertiary/aromatic N) is 3. The number of sulfonamides is 1. The molecular weight excluding hydrogens is 524 g/mol. The summed E-state index contributed by atoms with van der Waals surface area (Å²) in [7, 11) is -1.92. The SMILES string of the molecule is CN(CCN1CCn2c(c(Br)cc(C(=O)NCc3ccc(Cl)cc3)c2=O)C1=O)S(C)(=O)=O. The summed E-state index contributed by atoms with van der Waals surface area (Å²) in [6.45, 7) is 0.963. The van der Waals surface area contributed by atoms with Gasteiger partial charge in [-0.25, -0.2) is 12.7 Å². The third-order valence-corrected chi connectivity index (χ3v) is 7.36. The fraction of sp³-hybridized carbons (Fsp3) is 0.350. The van der Waals surface area contributed by atoms with Gasteiger partial charge >= 0.3 is 0 Å². The van der Waals surface area contributed by atoms with Gasteiger partial charge in [0.25, 0.3) is 17.4 Å². The van der Waals surface area contributed by atoms with Crippen molar-refractivity contribution in [3.05, 3.63) is 67.0 Å². The highest BCUT2D eigenvalue weighted by Crippen LogP contribution is 2.22. The largest absolute Gasteiger partial charge is 0.348 e. The molecule has 12 heteroatoms. The topological polar surface area (TPSA) is 109 Å². The number of likely N-dealkylation sites (N-methyl/N-ethyl adjacent to an activating group) is 1.